The molecule has 0 bridgehead atoms. The number of amides is 1. The second-order valence-corrected chi connectivity index (χ2v) is 19.6. The van der Waals surface area contributed by atoms with Crippen LogP contribution in [0.25, 0.3) is 0 Å². The topological polar surface area (TPSA) is 111 Å². The number of hydrogen-bond acceptors (Lipinski definition) is 8. The summed E-state index contributed by atoms with van der Waals surface area (Å²) in [6.45, 7) is 7.60. The van der Waals surface area contributed by atoms with Gasteiger partial charge in [0, 0.05) is 44.2 Å². The van der Waals surface area contributed by atoms with Crippen LogP contribution in [0.4, 0.5) is 5.69 Å². The molecule has 0 saturated carbocycles. The number of aromatic nitrogens is 3. The molecule has 0 aliphatic carbocycles. The van der Waals surface area contributed by atoms with E-state index in [1.54, 1.807) is 14.2 Å². The van der Waals surface area contributed by atoms with Gasteiger partial charge in [-0.3, -0.25) is 9.48 Å². The molecule has 54 heavy (non-hydrogen) atoms. The smallest absolute Gasteiger partial charge is 0.247 e. The van der Waals surface area contributed by atoms with E-state index in [4.69, 9.17) is 19.3 Å². The van der Waals surface area contributed by atoms with Crippen LogP contribution < -0.4 is 19.7 Å². The molecule has 10 nitrogen and oxygen atoms in total. The van der Waals surface area contributed by atoms with Gasteiger partial charge in [-0.15, -0.1) is 5.10 Å². The van der Waals surface area contributed by atoms with Gasteiger partial charge < -0.3 is 19.3 Å². The number of ether oxygens (including phenoxy) is 3. The molecule has 2 aliphatic rings. The standard InChI is InChI=1S/C43H49N5O5Si/c1-29-42(52-3)35-26-32(48-41(50)23-21-37(45-48)31-14-10-7-11-15-31)16-22-39(35)53-43(29)40(54(4,5)34-19-17-33(51-2)18-20-34)24-25-47-27-38(44-46-47)36(28-49)30-12-8-6-9-13-30/h6-20,22,26-27,29,36,40,42-43,49H,21,23-25,28H2,1-5H3/t29-,36?,40?,42-,43-/m1/s1. The van der Waals surface area contributed by atoms with Crippen LogP contribution in [0, 0.1) is 5.92 Å². The van der Waals surface area contributed by atoms with Crippen molar-refractivity contribution in [2.75, 3.05) is 25.8 Å². The Kier molecular flexibility index (Phi) is 11.1. The molecule has 0 spiro atoms. The number of fused-ring (bicyclic) bond motifs is 1. The summed E-state index contributed by atoms with van der Waals surface area (Å²) in [6, 6.07) is 34.3. The van der Waals surface area contributed by atoms with Crippen molar-refractivity contribution in [3.05, 3.63) is 132 Å². The number of hydrogen-bond donors (Lipinski definition) is 1. The minimum atomic E-state index is -2.26. The van der Waals surface area contributed by atoms with Crippen LogP contribution in [0.1, 0.15) is 60.6 Å². The van der Waals surface area contributed by atoms with Gasteiger partial charge >= 0.3 is 0 Å². The maximum absolute atomic E-state index is 13.2. The van der Waals surface area contributed by atoms with Gasteiger partial charge in [-0.2, -0.15) is 5.10 Å². The van der Waals surface area contributed by atoms with Crippen LogP contribution in [-0.4, -0.2) is 66.7 Å². The Balaban J connectivity index is 1.20. The van der Waals surface area contributed by atoms with Crippen molar-refractivity contribution in [2.24, 2.45) is 11.0 Å². The number of methoxy groups -OCH3 is 2. The zero-order chi connectivity index (χ0) is 37.8. The Hall–Kier alpha value is -5.10. The van der Waals surface area contributed by atoms with Gasteiger partial charge in [-0.25, -0.2) is 5.01 Å². The highest BCUT2D eigenvalue weighted by Gasteiger charge is 2.47. The maximum Gasteiger partial charge on any atom is 0.247 e. The minimum absolute atomic E-state index is 0.0173. The highest BCUT2D eigenvalue weighted by Crippen LogP contribution is 2.48. The molecule has 280 valence electrons. The fourth-order valence-corrected chi connectivity index (χ4v) is 11.7. The highest BCUT2D eigenvalue weighted by atomic mass is 28.3. The van der Waals surface area contributed by atoms with E-state index in [0.29, 0.717) is 25.1 Å². The number of benzene rings is 4. The van der Waals surface area contributed by atoms with Crippen molar-refractivity contribution >= 4 is 30.6 Å². The number of aliphatic hydroxyl groups excluding tert-OH is 1. The molecule has 4 aromatic carbocycles. The Morgan fingerprint density at radius 2 is 1.67 bits per heavy atom. The lowest BCUT2D eigenvalue weighted by Gasteiger charge is -2.46. The van der Waals surface area contributed by atoms with Crippen molar-refractivity contribution in [3.8, 4) is 11.5 Å². The minimum Gasteiger partial charge on any atom is -0.497 e. The van der Waals surface area contributed by atoms with Gasteiger partial charge in [0.25, 0.3) is 0 Å². The third kappa shape index (κ3) is 7.48. The average Bonchev–Trinajstić information content (AvgIpc) is 3.67. The second kappa shape index (κ2) is 16.1. The number of aliphatic hydroxyl groups is 1. The summed E-state index contributed by atoms with van der Waals surface area (Å²) in [6.07, 6.45) is 3.30. The van der Waals surface area contributed by atoms with Gasteiger partial charge in [0.05, 0.1) is 50.9 Å². The molecule has 5 atom stereocenters. The first-order valence-electron chi connectivity index (χ1n) is 18.7. The van der Waals surface area contributed by atoms with E-state index in [-0.39, 0.29) is 42.1 Å². The lowest BCUT2D eigenvalue weighted by Crippen LogP contribution is -2.54. The van der Waals surface area contributed by atoms with E-state index >= 15 is 0 Å². The summed E-state index contributed by atoms with van der Waals surface area (Å²) in [4.78, 5) is 13.2. The van der Waals surface area contributed by atoms with Gasteiger partial charge in [0.15, 0.2) is 0 Å². The first-order valence-corrected chi connectivity index (χ1v) is 21.8. The quantitative estimate of drug-likeness (QED) is 0.128. The maximum atomic E-state index is 13.2. The van der Waals surface area contributed by atoms with Crippen molar-refractivity contribution in [1.29, 1.82) is 0 Å². The lowest BCUT2D eigenvalue weighted by atomic mass is 9.86. The molecule has 2 unspecified atom stereocenters. The molecule has 1 amide bonds. The third-order valence-corrected chi connectivity index (χ3v) is 15.6. The highest BCUT2D eigenvalue weighted by molar-refractivity contribution is 6.91. The van der Waals surface area contributed by atoms with Crippen LogP contribution in [0.15, 0.2) is 114 Å². The predicted molar refractivity (Wildman–Crippen MR) is 213 cm³/mol. The van der Waals surface area contributed by atoms with Crippen molar-refractivity contribution < 1.29 is 24.1 Å². The van der Waals surface area contributed by atoms with Crippen molar-refractivity contribution in [2.45, 2.75) is 69.5 Å². The second-order valence-electron chi connectivity index (χ2n) is 14.8. The first-order chi connectivity index (χ1) is 26.2. The normalized spacial score (nSPS) is 19.7. The summed E-state index contributed by atoms with van der Waals surface area (Å²) in [5.74, 6) is 1.28. The van der Waals surface area contributed by atoms with E-state index in [2.05, 4.69) is 42.5 Å². The zero-order valence-corrected chi connectivity index (χ0v) is 32.6. The van der Waals surface area contributed by atoms with Gasteiger partial charge in [-0.05, 0) is 53.4 Å². The Bertz CT molecular complexity index is 2070. The van der Waals surface area contributed by atoms with Crippen LogP contribution in [-0.2, 0) is 16.1 Å². The van der Waals surface area contributed by atoms with Gasteiger partial charge in [-0.1, -0.05) is 103 Å². The summed E-state index contributed by atoms with van der Waals surface area (Å²) < 4.78 is 20.8. The molecule has 0 saturated heterocycles. The van der Waals surface area contributed by atoms with E-state index in [1.807, 2.05) is 102 Å². The number of hydrazone groups is 1. The Labute approximate surface area is 318 Å². The number of rotatable bonds is 13. The first kappa shape index (κ1) is 37.2. The molecular weight excluding hydrogens is 695 g/mol. The molecule has 7 rings (SSSR count). The Morgan fingerprint density at radius 1 is 0.944 bits per heavy atom. The Morgan fingerprint density at radius 3 is 2.35 bits per heavy atom. The fraction of sp³-hybridized carbons (Fsp3) is 0.349. The lowest BCUT2D eigenvalue weighted by molar-refractivity contribution is -0.118. The number of carbonyl (C=O) groups is 1. The van der Waals surface area contributed by atoms with Crippen LogP contribution in [0.3, 0.4) is 0 Å². The largest absolute Gasteiger partial charge is 0.497 e. The predicted octanol–water partition coefficient (Wildman–Crippen LogP) is 7.10. The van der Waals surface area contributed by atoms with Gasteiger partial charge in [0.1, 0.15) is 17.6 Å². The zero-order valence-electron chi connectivity index (χ0n) is 31.6. The molecule has 0 radical (unpaired) electrons. The molecule has 11 heteroatoms. The number of aryl methyl sites for hydroxylation is 1. The summed E-state index contributed by atoms with van der Waals surface area (Å²) >= 11 is 0. The SMILES string of the molecule is COc1ccc([Si](C)(C)C(CCn2cc(C(CO)c3ccccc3)nn2)[C@@H]2Oc3ccc(N4N=C(c5ccccc5)CCC4=O)cc3[C@H](OC)[C@H]2C)cc1. The fourth-order valence-electron chi connectivity index (χ4n) is 8.17. The summed E-state index contributed by atoms with van der Waals surface area (Å²) in [5, 5.41) is 27.0. The number of anilines is 1. The number of nitrogens with zero attached hydrogens (tertiary/aromatic N) is 5. The molecular formula is C43H49N5O5Si. The van der Waals surface area contributed by atoms with Crippen LogP contribution in [0.5, 0.6) is 11.5 Å². The van der Waals surface area contributed by atoms with Gasteiger partial charge in [0.2, 0.25) is 5.91 Å². The molecule has 1 N–H and O–H groups in total. The third-order valence-electron chi connectivity index (χ3n) is 11.3. The average molecular weight is 744 g/mol. The molecule has 0 fully saturated rings. The van der Waals surface area contributed by atoms with E-state index < -0.39 is 8.07 Å². The molecule has 3 heterocycles. The van der Waals surface area contributed by atoms with Crippen LogP contribution >= 0.6 is 0 Å². The summed E-state index contributed by atoms with van der Waals surface area (Å²) in [7, 11) is 1.18. The van der Waals surface area contributed by atoms with E-state index in [9.17, 15) is 9.90 Å². The monoisotopic (exact) mass is 743 g/mol. The molecule has 1 aromatic heterocycles. The van der Waals surface area contributed by atoms with Crippen molar-refractivity contribution in [1.82, 2.24) is 15.0 Å². The van der Waals surface area contributed by atoms with E-state index in [1.165, 1.54) is 10.2 Å². The van der Waals surface area contributed by atoms with Crippen LogP contribution in [0.2, 0.25) is 18.6 Å². The summed E-state index contributed by atoms with van der Waals surface area (Å²) in [5.41, 5.74) is 5.40. The molecule has 2 aliphatic heterocycles. The van der Waals surface area contributed by atoms with Crippen molar-refractivity contribution in [3.63, 3.8) is 0 Å². The molecule has 5 aromatic rings. The van der Waals surface area contributed by atoms with E-state index in [0.717, 1.165) is 46.0 Å². The number of carbonyl (C=O) groups excluding carboxylic acids is 1.